The molecule has 2 saturated heterocycles. The highest BCUT2D eigenvalue weighted by molar-refractivity contribution is 6.30. The molecule has 0 aliphatic carbocycles. The average molecular weight is 385 g/mol. The first-order valence-corrected chi connectivity index (χ1v) is 9.65. The molecule has 1 atom stereocenters. The van der Waals surface area contributed by atoms with E-state index in [2.05, 4.69) is 23.8 Å². The Morgan fingerprint density at radius 1 is 1.35 bits per heavy atom. The van der Waals surface area contributed by atoms with Gasteiger partial charge in [0.25, 0.3) is 0 Å². The van der Waals surface area contributed by atoms with Gasteiger partial charge >= 0.3 is 0 Å². The van der Waals surface area contributed by atoms with Crippen LogP contribution in [0, 0.1) is 5.41 Å². The second-order valence-electron chi connectivity index (χ2n) is 8.04. The molecule has 1 aromatic heterocycles. The van der Waals surface area contributed by atoms with E-state index in [4.69, 9.17) is 16.3 Å². The number of likely N-dealkylation sites (tertiary alicyclic amines) is 1. The van der Waals surface area contributed by atoms with Gasteiger partial charge in [0.2, 0.25) is 5.91 Å². The SMILES string of the molecule is CC1(C)CN(C(=O)CCn2cc(Cl)cn2)CC[C@@]1(O)CN1CCOCC1. The van der Waals surface area contributed by atoms with Crippen LogP contribution >= 0.6 is 11.6 Å². The maximum atomic E-state index is 12.6. The second-order valence-corrected chi connectivity index (χ2v) is 8.48. The third-order valence-corrected chi connectivity index (χ3v) is 5.93. The molecule has 0 radical (unpaired) electrons. The van der Waals surface area contributed by atoms with Gasteiger partial charge in [-0.05, 0) is 6.42 Å². The molecule has 0 bridgehead atoms. The molecule has 1 N–H and O–H groups in total. The number of aromatic nitrogens is 2. The van der Waals surface area contributed by atoms with Gasteiger partial charge in [-0.3, -0.25) is 14.4 Å². The predicted molar refractivity (Wildman–Crippen MR) is 99.0 cm³/mol. The van der Waals surface area contributed by atoms with E-state index in [0.717, 1.165) is 26.3 Å². The molecule has 0 unspecified atom stereocenters. The van der Waals surface area contributed by atoms with Crippen molar-refractivity contribution in [2.24, 2.45) is 5.41 Å². The Bertz CT molecular complexity index is 630. The zero-order valence-corrected chi connectivity index (χ0v) is 16.4. The summed E-state index contributed by atoms with van der Waals surface area (Å²) in [7, 11) is 0. The number of morpholine rings is 1. The number of aryl methyl sites for hydroxylation is 1. The third kappa shape index (κ3) is 4.39. The second kappa shape index (κ2) is 7.84. The Balaban J connectivity index is 1.55. The van der Waals surface area contributed by atoms with Crippen LogP contribution in [0.5, 0.6) is 0 Å². The van der Waals surface area contributed by atoms with Gasteiger partial charge in [-0.1, -0.05) is 25.4 Å². The van der Waals surface area contributed by atoms with Crippen molar-refractivity contribution in [3.8, 4) is 0 Å². The largest absolute Gasteiger partial charge is 0.388 e. The van der Waals surface area contributed by atoms with Crippen LogP contribution in [0.3, 0.4) is 0 Å². The first-order chi connectivity index (χ1) is 12.3. The number of aliphatic hydroxyl groups is 1. The van der Waals surface area contributed by atoms with Crippen LogP contribution in [-0.4, -0.2) is 82.1 Å². The van der Waals surface area contributed by atoms with Crippen LogP contribution in [0.4, 0.5) is 0 Å². The summed E-state index contributed by atoms with van der Waals surface area (Å²) in [6.07, 6.45) is 4.27. The number of carbonyl (C=O) groups excluding carboxylic acids is 1. The van der Waals surface area contributed by atoms with Crippen LogP contribution in [-0.2, 0) is 16.1 Å². The Morgan fingerprint density at radius 3 is 2.69 bits per heavy atom. The maximum absolute atomic E-state index is 12.6. The molecular formula is C18H29ClN4O3. The topological polar surface area (TPSA) is 70.8 Å². The number of hydrogen-bond donors (Lipinski definition) is 1. The number of carbonyl (C=O) groups is 1. The normalized spacial score (nSPS) is 26.8. The third-order valence-electron chi connectivity index (χ3n) is 5.74. The number of β-amino-alcohol motifs (C(OH)–C–C–N with tert-alkyl or cyclic N) is 1. The molecule has 146 valence electrons. The fraction of sp³-hybridized carbons (Fsp3) is 0.778. The zero-order valence-electron chi connectivity index (χ0n) is 15.7. The smallest absolute Gasteiger partial charge is 0.224 e. The molecule has 1 aromatic rings. The molecule has 7 nitrogen and oxygen atoms in total. The predicted octanol–water partition coefficient (Wildman–Crippen LogP) is 1.25. The Kier molecular flexibility index (Phi) is 5.91. The molecule has 2 aliphatic rings. The highest BCUT2D eigenvalue weighted by atomic mass is 35.5. The van der Waals surface area contributed by atoms with Gasteiger partial charge in [-0.2, -0.15) is 5.10 Å². The number of rotatable bonds is 5. The van der Waals surface area contributed by atoms with Crippen molar-refractivity contribution in [1.29, 1.82) is 0 Å². The van der Waals surface area contributed by atoms with Gasteiger partial charge in [-0.25, -0.2) is 0 Å². The molecular weight excluding hydrogens is 356 g/mol. The molecule has 2 aliphatic heterocycles. The van der Waals surface area contributed by atoms with E-state index in [-0.39, 0.29) is 11.3 Å². The number of amides is 1. The lowest BCUT2D eigenvalue weighted by Crippen LogP contribution is -2.63. The Labute approximate surface area is 159 Å². The fourth-order valence-electron chi connectivity index (χ4n) is 3.83. The number of hydrogen-bond acceptors (Lipinski definition) is 5. The van der Waals surface area contributed by atoms with Crippen molar-refractivity contribution in [3.05, 3.63) is 17.4 Å². The molecule has 2 fully saturated rings. The van der Waals surface area contributed by atoms with E-state index in [0.29, 0.717) is 44.0 Å². The van der Waals surface area contributed by atoms with Crippen molar-refractivity contribution >= 4 is 17.5 Å². The van der Waals surface area contributed by atoms with Gasteiger partial charge < -0.3 is 14.7 Å². The van der Waals surface area contributed by atoms with E-state index in [1.54, 1.807) is 17.1 Å². The van der Waals surface area contributed by atoms with E-state index < -0.39 is 5.60 Å². The summed E-state index contributed by atoms with van der Waals surface area (Å²) in [6.45, 7) is 9.56. The zero-order chi connectivity index (χ0) is 18.8. The minimum absolute atomic E-state index is 0.0955. The van der Waals surface area contributed by atoms with Crippen molar-refractivity contribution in [2.75, 3.05) is 45.9 Å². The molecule has 26 heavy (non-hydrogen) atoms. The van der Waals surface area contributed by atoms with Crippen LogP contribution in [0.2, 0.25) is 5.02 Å². The first-order valence-electron chi connectivity index (χ1n) is 9.27. The summed E-state index contributed by atoms with van der Waals surface area (Å²) in [5, 5.41) is 16.0. The standard InChI is InChI=1S/C18H29ClN4O3/c1-17(2)13-22(16(24)3-5-23-12-15(19)11-20-23)6-4-18(17,25)14-21-7-9-26-10-8-21/h11-12,25H,3-10,13-14H2,1-2H3/t18-/m1/s1. The minimum atomic E-state index is -0.795. The van der Waals surface area contributed by atoms with Gasteiger partial charge in [0.15, 0.2) is 0 Å². The van der Waals surface area contributed by atoms with Crippen LogP contribution in [0.15, 0.2) is 12.4 Å². The summed E-state index contributed by atoms with van der Waals surface area (Å²) >= 11 is 5.85. The lowest BCUT2D eigenvalue weighted by Gasteiger charge is -2.52. The van der Waals surface area contributed by atoms with Gasteiger partial charge in [0, 0.05) is 57.3 Å². The molecule has 0 aromatic carbocycles. The maximum Gasteiger partial charge on any atom is 0.224 e. The van der Waals surface area contributed by atoms with E-state index in [1.807, 2.05) is 4.90 Å². The van der Waals surface area contributed by atoms with Gasteiger partial charge in [-0.15, -0.1) is 0 Å². The van der Waals surface area contributed by atoms with Crippen molar-refractivity contribution in [2.45, 2.75) is 38.8 Å². The number of ether oxygens (including phenoxy) is 1. The van der Waals surface area contributed by atoms with Crippen molar-refractivity contribution in [1.82, 2.24) is 19.6 Å². The molecule has 0 spiro atoms. The quantitative estimate of drug-likeness (QED) is 0.827. The summed E-state index contributed by atoms with van der Waals surface area (Å²) in [5.41, 5.74) is -1.16. The molecule has 8 heteroatoms. The molecule has 3 heterocycles. The highest BCUT2D eigenvalue weighted by Gasteiger charge is 2.49. The van der Waals surface area contributed by atoms with Crippen LogP contribution < -0.4 is 0 Å². The number of halogens is 1. The summed E-state index contributed by atoms with van der Waals surface area (Å²) in [6, 6.07) is 0. The van der Waals surface area contributed by atoms with Gasteiger partial charge in [0.1, 0.15) is 0 Å². The highest BCUT2D eigenvalue weighted by Crippen LogP contribution is 2.39. The molecule has 0 saturated carbocycles. The van der Waals surface area contributed by atoms with E-state index >= 15 is 0 Å². The lowest BCUT2D eigenvalue weighted by molar-refractivity contribution is -0.157. The summed E-state index contributed by atoms with van der Waals surface area (Å²) in [5.74, 6) is 0.0955. The van der Waals surface area contributed by atoms with E-state index in [1.165, 1.54) is 0 Å². The minimum Gasteiger partial charge on any atom is -0.388 e. The molecule has 1 amide bonds. The van der Waals surface area contributed by atoms with Crippen molar-refractivity contribution < 1.29 is 14.6 Å². The van der Waals surface area contributed by atoms with E-state index in [9.17, 15) is 9.90 Å². The van der Waals surface area contributed by atoms with Crippen molar-refractivity contribution in [3.63, 3.8) is 0 Å². The first kappa shape index (κ1) is 19.6. The summed E-state index contributed by atoms with van der Waals surface area (Å²) in [4.78, 5) is 16.8. The van der Waals surface area contributed by atoms with Crippen LogP contribution in [0.25, 0.3) is 0 Å². The summed E-state index contributed by atoms with van der Waals surface area (Å²) < 4.78 is 7.08. The number of piperidine rings is 1. The average Bonchev–Trinajstić information content (AvgIpc) is 3.01. The van der Waals surface area contributed by atoms with Crippen LogP contribution in [0.1, 0.15) is 26.7 Å². The Morgan fingerprint density at radius 2 is 2.08 bits per heavy atom. The fourth-order valence-corrected chi connectivity index (χ4v) is 3.98. The molecule has 3 rings (SSSR count). The Hall–Kier alpha value is -1.15. The monoisotopic (exact) mass is 384 g/mol. The number of nitrogens with zero attached hydrogens (tertiary/aromatic N) is 4. The van der Waals surface area contributed by atoms with Gasteiger partial charge in [0.05, 0.1) is 30.0 Å². The lowest BCUT2D eigenvalue weighted by atomic mass is 9.69.